The Kier molecular flexibility index (Phi) is 7.69. The largest absolute Gasteiger partial charge is 0.382 e. The van der Waals surface area contributed by atoms with Crippen LogP contribution < -0.4 is 10.6 Å². The lowest BCUT2D eigenvalue weighted by Crippen LogP contribution is -2.32. The van der Waals surface area contributed by atoms with Gasteiger partial charge in [-0.05, 0) is 24.0 Å². The summed E-state index contributed by atoms with van der Waals surface area (Å²) in [5, 5.41) is 5.58. The number of benzene rings is 1. The van der Waals surface area contributed by atoms with Crippen LogP contribution in [0.4, 0.5) is 10.5 Å². The Balaban J connectivity index is 2.52. The van der Waals surface area contributed by atoms with Gasteiger partial charge in [0.05, 0.1) is 13.2 Å². The number of anilines is 1. The van der Waals surface area contributed by atoms with Gasteiger partial charge < -0.3 is 20.1 Å². The molecule has 0 aliphatic heterocycles. The number of methoxy groups -OCH3 is 1. The molecule has 112 valence electrons. The van der Waals surface area contributed by atoms with Gasteiger partial charge in [-0.3, -0.25) is 0 Å². The average Bonchev–Trinajstić information content (AvgIpc) is 2.47. The van der Waals surface area contributed by atoms with Gasteiger partial charge in [-0.25, -0.2) is 4.79 Å². The highest BCUT2D eigenvalue weighted by atomic mass is 16.5. The van der Waals surface area contributed by atoms with E-state index in [4.69, 9.17) is 9.47 Å². The zero-order valence-electron chi connectivity index (χ0n) is 12.5. The van der Waals surface area contributed by atoms with Crippen molar-refractivity contribution in [3.05, 3.63) is 29.3 Å². The van der Waals surface area contributed by atoms with Gasteiger partial charge >= 0.3 is 6.03 Å². The molecule has 5 heteroatoms. The molecule has 0 aromatic heterocycles. The standard InChI is InChI=1S/C15H24N2O3/c1-4-12-7-6-8-13(5-2)14(12)17-15(18)16-11-20-10-9-19-3/h6-8H,4-5,9-11H2,1-3H3,(H2,16,17,18). The molecular weight excluding hydrogens is 256 g/mol. The van der Waals surface area contributed by atoms with E-state index in [1.807, 2.05) is 18.2 Å². The Hall–Kier alpha value is -1.59. The van der Waals surface area contributed by atoms with Crippen LogP contribution in [0, 0.1) is 0 Å². The second-order valence-electron chi connectivity index (χ2n) is 4.33. The number of para-hydroxylation sites is 1. The van der Waals surface area contributed by atoms with Crippen molar-refractivity contribution >= 4 is 11.7 Å². The number of carbonyl (C=O) groups excluding carboxylic acids is 1. The van der Waals surface area contributed by atoms with Crippen LogP contribution in [-0.4, -0.2) is 33.1 Å². The van der Waals surface area contributed by atoms with Crippen LogP contribution in [0.25, 0.3) is 0 Å². The Morgan fingerprint density at radius 3 is 2.35 bits per heavy atom. The summed E-state index contributed by atoms with van der Waals surface area (Å²) in [6, 6.07) is 5.83. The first-order chi connectivity index (χ1) is 9.72. The summed E-state index contributed by atoms with van der Waals surface area (Å²) >= 11 is 0. The minimum atomic E-state index is -0.252. The molecule has 20 heavy (non-hydrogen) atoms. The van der Waals surface area contributed by atoms with Crippen molar-refractivity contribution in [3.63, 3.8) is 0 Å². The number of hydrogen-bond acceptors (Lipinski definition) is 3. The van der Waals surface area contributed by atoms with Crippen LogP contribution in [0.1, 0.15) is 25.0 Å². The summed E-state index contributed by atoms with van der Waals surface area (Å²) in [5.41, 5.74) is 3.19. The molecule has 0 aliphatic rings. The number of urea groups is 1. The number of hydrogen-bond donors (Lipinski definition) is 2. The van der Waals surface area contributed by atoms with Gasteiger partial charge in [0.15, 0.2) is 0 Å². The first-order valence-corrected chi connectivity index (χ1v) is 6.95. The Morgan fingerprint density at radius 2 is 1.80 bits per heavy atom. The van der Waals surface area contributed by atoms with Crippen molar-refractivity contribution in [2.75, 3.05) is 32.4 Å². The fraction of sp³-hybridized carbons (Fsp3) is 0.533. The molecule has 1 aromatic carbocycles. The van der Waals surface area contributed by atoms with Gasteiger partial charge in [0, 0.05) is 12.8 Å². The Morgan fingerprint density at radius 1 is 1.15 bits per heavy atom. The van der Waals surface area contributed by atoms with E-state index in [1.165, 1.54) is 0 Å². The van der Waals surface area contributed by atoms with E-state index >= 15 is 0 Å². The van der Waals surface area contributed by atoms with Gasteiger partial charge in [0.25, 0.3) is 0 Å². The SMILES string of the molecule is CCc1cccc(CC)c1NC(=O)NCOCCOC. The van der Waals surface area contributed by atoms with Gasteiger partial charge in [-0.2, -0.15) is 0 Å². The molecule has 1 aromatic rings. The minimum absolute atomic E-state index is 0.172. The quantitative estimate of drug-likeness (QED) is 0.568. The first-order valence-electron chi connectivity index (χ1n) is 6.95. The van der Waals surface area contributed by atoms with E-state index in [-0.39, 0.29) is 12.8 Å². The summed E-state index contributed by atoms with van der Waals surface area (Å²) < 4.78 is 10.1. The molecule has 1 rings (SSSR count). The van der Waals surface area contributed by atoms with Gasteiger partial charge in [-0.15, -0.1) is 0 Å². The molecule has 0 aliphatic carbocycles. The summed E-state index contributed by atoms with van der Waals surface area (Å²) in [7, 11) is 1.61. The molecule has 0 fully saturated rings. The van der Waals surface area contributed by atoms with E-state index in [2.05, 4.69) is 24.5 Å². The lowest BCUT2D eigenvalue weighted by atomic mass is 10.0. The smallest absolute Gasteiger partial charge is 0.321 e. The maximum atomic E-state index is 11.8. The van der Waals surface area contributed by atoms with Gasteiger partial charge in [0.2, 0.25) is 0 Å². The zero-order chi connectivity index (χ0) is 14.8. The van der Waals surface area contributed by atoms with Crippen molar-refractivity contribution < 1.29 is 14.3 Å². The van der Waals surface area contributed by atoms with E-state index in [9.17, 15) is 4.79 Å². The molecule has 2 N–H and O–H groups in total. The monoisotopic (exact) mass is 280 g/mol. The normalized spacial score (nSPS) is 10.3. The number of amides is 2. The van der Waals surface area contributed by atoms with E-state index in [0.717, 1.165) is 29.7 Å². The van der Waals surface area contributed by atoms with Gasteiger partial charge in [-0.1, -0.05) is 32.0 Å². The predicted octanol–water partition coefficient (Wildman–Crippen LogP) is 2.55. The molecule has 0 unspecified atom stereocenters. The molecule has 0 heterocycles. The van der Waals surface area contributed by atoms with Crippen LogP contribution >= 0.6 is 0 Å². The fourth-order valence-electron chi connectivity index (χ4n) is 1.89. The number of ether oxygens (including phenoxy) is 2. The number of nitrogens with one attached hydrogen (secondary N) is 2. The highest BCUT2D eigenvalue weighted by Crippen LogP contribution is 2.22. The number of aryl methyl sites for hydroxylation is 2. The zero-order valence-corrected chi connectivity index (χ0v) is 12.5. The van der Waals surface area contributed by atoms with Crippen molar-refractivity contribution in [2.45, 2.75) is 26.7 Å². The highest BCUT2D eigenvalue weighted by molar-refractivity contribution is 5.91. The molecule has 0 saturated carbocycles. The maximum absolute atomic E-state index is 11.8. The van der Waals surface area contributed by atoms with Crippen molar-refractivity contribution in [2.24, 2.45) is 0 Å². The van der Waals surface area contributed by atoms with Crippen molar-refractivity contribution in [1.29, 1.82) is 0 Å². The molecule has 0 bridgehead atoms. The molecule has 2 amide bonds. The summed E-state index contributed by atoms with van der Waals surface area (Å²) in [6.45, 7) is 5.30. The van der Waals surface area contributed by atoms with Crippen molar-refractivity contribution in [1.82, 2.24) is 5.32 Å². The van der Waals surface area contributed by atoms with Crippen LogP contribution in [-0.2, 0) is 22.3 Å². The minimum Gasteiger partial charge on any atom is -0.382 e. The second kappa shape index (κ2) is 9.34. The highest BCUT2D eigenvalue weighted by Gasteiger charge is 2.09. The summed E-state index contributed by atoms with van der Waals surface area (Å²) in [4.78, 5) is 11.8. The average molecular weight is 280 g/mol. The molecular formula is C15H24N2O3. The van der Waals surface area contributed by atoms with E-state index in [0.29, 0.717) is 13.2 Å². The third kappa shape index (κ3) is 5.19. The van der Waals surface area contributed by atoms with Crippen LogP contribution in [0.15, 0.2) is 18.2 Å². The van der Waals surface area contributed by atoms with E-state index < -0.39 is 0 Å². The lowest BCUT2D eigenvalue weighted by molar-refractivity contribution is 0.0650. The molecule has 5 nitrogen and oxygen atoms in total. The topological polar surface area (TPSA) is 59.6 Å². The third-order valence-corrected chi connectivity index (χ3v) is 3.00. The molecule has 0 saturated heterocycles. The Bertz CT molecular complexity index is 399. The van der Waals surface area contributed by atoms with Crippen LogP contribution in [0.3, 0.4) is 0 Å². The fourth-order valence-corrected chi connectivity index (χ4v) is 1.89. The lowest BCUT2D eigenvalue weighted by Gasteiger charge is -2.15. The molecule has 0 spiro atoms. The predicted molar refractivity (Wildman–Crippen MR) is 80.0 cm³/mol. The number of carbonyl (C=O) groups is 1. The maximum Gasteiger partial charge on any atom is 0.321 e. The van der Waals surface area contributed by atoms with Gasteiger partial charge in [0.1, 0.15) is 6.73 Å². The first kappa shape index (κ1) is 16.5. The number of rotatable bonds is 8. The molecule has 0 atom stereocenters. The van der Waals surface area contributed by atoms with Crippen molar-refractivity contribution in [3.8, 4) is 0 Å². The summed E-state index contributed by atoms with van der Waals surface area (Å²) in [5.74, 6) is 0. The second-order valence-corrected chi connectivity index (χ2v) is 4.33. The van der Waals surface area contributed by atoms with Crippen LogP contribution in [0.5, 0.6) is 0 Å². The van der Waals surface area contributed by atoms with Crippen LogP contribution in [0.2, 0.25) is 0 Å². The van der Waals surface area contributed by atoms with E-state index in [1.54, 1.807) is 7.11 Å². The Labute approximate surface area is 120 Å². The third-order valence-electron chi connectivity index (χ3n) is 3.00. The summed E-state index contributed by atoms with van der Waals surface area (Å²) in [6.07, 6.45) is 1.77. The molecule has 0 radical (unpaired) electrons.